The molecule has 1 amide bonds. The molecular formula is C14H19F3N2O. The largest absolute Gasteiger partial charge is 0.416 e. The fourth-order valence-electron chi connectivity index (χ4n) is 1.72. The van der Waals surface area contributed by atoms with E-state index in [1.807, 2.05) is 6.92 Å². The van der Waals surface area contributed by atoms with Crippen LogP contribution in [0, 0.1) is 12.8 Å². The maximum atomic E-state index is 12.8. The summed E-state index contributed by atoms with van der Waals surface area (Å²) in [5, 5.41) is 5.53. The molecule has 3 nitrogen and oxygen atoms in total. The summed E-state index contributed by atoms with van der Waals surface area (Å²) in [5.41, 5.74) is -0.429. The average Bonchev–Trinajstić information content (AvgIpc) is 2.36. The maximum absolute atomic E-state index is 12.8. The molecule has 0 aromatic heterocycles. The number of amides is 1. The van der Waals surface area contributed by atoms with E-state index < -0.39 is 11.7 Å². The van der Waals surface area contributed by atoms with Crippen LogP contribution < -0.4 is 10.6 Å². The zero-order valence-electron chi connectivity index (χ0n) is 11.8. The van der Waals surface area contributed by atoms with Crippen LogP contribution in [0.3, 0.4) is 0 Å². The Labute approximate surface area is 116 Å². The number of alkyl halides is 3. The van der Waals surface area contributed by atoms with Gasteiger partial charge in [0.1, 0.15) is 0 Å². The molecule has 0 aliphatic carbocycles. The molecule has 112 valence electrons. The lowest BCUT2D eigenvalue weighted by molar-refractivity contribution is -0.138. The van der Waals surface area contributed by atoms with Gasteiger partial charge in [0.15, 0.2) is 0 Å². The van der Waals surface area contributed by atoms with Crippen LogP contribution in [0.2, 0.25) is 0 Å². The molecule has 0 saturated heterocycles. The lowest BCUT2D eigenvalue weighted by Gasteiger charge is -2.15. The van der Waals surface area contributed by atoms with Crippen molar-refractivity contribution in [1.29, 1.82) is 0 Å². The highest BCUT2D eigenvalue weighted by Gasteiger charge is 2.32. The van der Waals surface area contributed by atoms with E-state index in [0.717, 1.165) is 12.6 Å². The summed E-state index contributed by atoms with van der Waals surface area (Å²) >= 11 is 0. The molecule has 20 heavy (non-hydrogen) atoms. The first-order valence-corrected chi connectivity index (χ1v) is 6.45. The Hall–Kier alpha value is -1.56. The van der Waals surface area contributed by atoms with E-state index in [-0.39, 0.29) is 23.1 Å². The van der Waals surface area contributed by atoms with Gasteiger partial charge in [-0.15, -0.1) is 0 Å². The number of hydrogen-bond acceptors (Lipinski definition) is 2. The van der Waals surface area contributed by atoms with Crippen molar-refractivity contribution in [2.24, 2.45) is 5.92 Å². The average molecular weight is 288 g/mol. The van der Waals surface area contributed by atoms with Gasteiger partial charge in [0.2, 0.25) is 5.91 Å². The molecule has 1 aromatic carbocycles. The van der Waals surface area contributed by atoms with Gasteiger partial charge in [-0.2, -0.15) is 13.2 Å². The number of nitrogens with one attached hydrogen (secondary N) is 2. The van der Waals surface area contributed by atoms with Gasteiger partial charge >= 0.3 is 6.18 Å². The van der Waals surface area contributed by atoms with Crippen molar-refractivity contribution in [1.82, 2.24) is 5.32 Å². The third kappa shape index (κ3) is 4.52. The number of rotatable bonds is 5. The smallest absolute Gasteiger partial charge is 0.326 e. The summed E-state index contributed by atoms with van der Waals surface area (Å²) in [6, 6.07) is 3.79. The van der Waals surface area contributed by atoms with Crippen molar-refractivity contribution in [3.63, 3.8) is 0 Å². The number of benzene rings is 1. The summed E-state index contributed by atoms with van der Waals surface area (Å²) in [6.45, 7) is 6.25. The highest BCUT2D eigenvalue weighted by Crippen LogP contribution is 2.33. The van der Waals surface area contributed by atoms with Crippen molar-refractivity contribution < 1.29 is 18.0 Å². The van der Waals surface area contributed by atoms with Crippen molar-refractivity contribution in [3.05, 3.63) is 29.3 Å². The first kappa shape index (κ1) is 16.5. The van der Waals surface area contributed by atoms with Crippen molar-refractivity contribution in [2.75, 3.05) is 18.4 Å². The molecule has 0 aliphatic heterocycles. The van der Waals surface area contributed by atoms with Crippen LogP contribution in [0.1, 0.15) is 25.0 Å². The second-order valence-corrected chi connectivity index (χ2v) is 4.73. The number of hydrogen-bond donors (Lipinski definition) is 2. The van der Waals surface area contributed by atoms with E-state index in [9.17, 15) is 18.0 Å². The number of anilines is 1. The van der Waals surface area contributed by atoms with E-state index in [1.54, 1.807) is 6.92 Å². The Balaban J connectivity index is 2.81. The van der Waals surface area contributed by atoms with Crippen LogP contribution >= 0.6 is 0 Å². The number of carbonyl (C=O) groups excluding carboxylic acids is 1. The van der Waals surface area contributed by atoms with Gasteiger partial charge in [0.05, 0.1) is 5.56 Å². The van der Waals surface area contributed by atoms with Gasteiger partial charge < -0.3 is 10.6 Å². The Bertz CT molecular complexity index is 472. The Morgan fingerprint density at radius 2 is 2.00 bits per heavy atom. The van der Waals surface area contributed by atoms with Crippen LogP contribution in [-0.4, -0.2) is 19.0 Å². The van der Waals surface area contributed by atoms with E-state index in [4.69, 9.17) is 0 Å². The summed E-state index contributed by atoms with van der Waals surface area (Å²) in [7, 11) is 0. The Morgan fingerprint density at radius 1 is 1.35 bits per heavy atom. The molecule has 0 saturated carbocycles. The molecule has 0 fully saturated rings. The first-order valence-electron chi connectivity index (χ1n) is 6.45. The van der Waals surface area contributed by atoms with E-state index in [2.05, 4.69) is 10.6 Å². The van der Waals surface area contributed by atoms with Gasteiger partial charge in [-0.05, 0) is 31.2 Å². The van der Waals surface area contributed by atoms with Crippen LogP contribution in [0.5, 0.6) is 0 Å². The fraction of sp³-hybridized carbons (Fsp3) is 0.500. The molecule has 0 bridgehead atoms. The number of carbonyl (C=O) groups is 1. The third-order valence-corrected chi connectivity index (χ3v) is 2.96. The molecule has 6 heteroatoms. The predicted octanol–water partition coefficient (Wildman–Crippen LogP) is 3.20. The predicted molar refractivity (Wildman–Crippen MR) is 72.5 cm³/mol. The van der Waals surface area contributed by atoms with Crippen LogP contribution in [-0.2, 0) is 11.0 Å². The van der Waals surface area contributed by atoms with Crippen LogP contribution in [0.25, 0.3) is 0 Å². The van der Waals surface area contributed by atoms with E-state index >= 15 is 0 Å². The standard InChI is InChI=1S/C14H19F3N2O/c1-4-18-8-10(3)13(20)19-11-6-5-9(2)12(7-11)14(15,16)17/h5-7,10,18H,4,8H2,1-3H3,(H,19,20). The molecule has 0 aliphatic rings. The van der Waals surface area contributed by atoms with Crippen molar-refractivity contribution in [2.45, 2.75) is 26.9 Å². The van der Waals surface area contributed by atoms with Crippen LogP contribution in [0.4, 0.5) is 18.9 Å². The highest BCUT2D eigenvalue weighted by atomic mass is 19.4. The molecule has 0 radical (unpaired) electrons. The molecular weight excluding hydrogens is 269 g/mol. The SMILES string of the molecule is CCNCC(C)C(=O)Nc1ccc(C)c(C(F)(F)F)c1. The summed E-state index contributed by atoms with van der Waals surface area (Å²) in [4.78, 5) is 11.8. The van der Waals surface area contributed by atoms with Gasteiger partial charge in [-0.3, -0.25) is 4.79 Å². The van der Waals surface area contributed by atoms with Gasteiger partial charge in [-0.1, -0.05) is 19.9 Å². The highest BCUT2D eigenvalue weighted by molar-refractivity contribution is 5.92. The second kappa shape index (κ2) is 6.74. The van der Waals surface area contributed by atoms with E-state index in [1.165, 1.54) is 19.1 Å². The monoisotopic (exact) mass is 288 g/mol. The molecule has 1 aromatic rings. The van der Waals surface area contributed by atoms with Gasteiger partial charge in [0, 0.05) is 18.2 Å². The zero-order chi connectivity index (χ0) is 15.3. The lowest BCUT2D eigenvalue weighted by atomic mass is 10.1. The van der Waals surface area contributed by atoms with Crippen molar-refractivity contribution >= 4 is 11.6 Å². The minimum atomic E-state index is -4.42. The lowest BCUT2D eigenvalue weighted by Crippen LogP contribution is -2.30. The molecule has 2 N–H and O–H groups in total. The Morgan fingerprint density at radius 3 is 2.55 bits per heavy atom. The summed E-state index contributed by atoms with van der Waals surface area (Å²) in [6.07, 6.45) is -4.42. The second-order valence-electron chi connectivity index (χ2n) is 4.73. The minimum Gasteiger partial charge on any atom is -0.326 e. The summed E-state index contributed by atoms with van der Waals surface area (Å²) < 4.78 is 38.3. The van der Waals surface area contributed by atoms with Gasteiger partial charge in [-0.25, -0.2) is 0 Å². The molecule has 0 heterocycles. The minimum absolute atomic E-state index is 0.135. The molecule has 0 spiro atoms. The molecule has 1 unspecified atom stereocenters. The normalized spacial score (nSPS) is 13.1. The van der Waals surface area contributed by atoms with E-state index in [0.29, 0.717) is 6.54 Å². The Kier molecular flexibility index (Phi) is 5.56. The summed E-state index contributed by atoms with van der Waals surface area (Å²) in [5.74, 6) is -0.617. The third-order valence-electron chi connectivity index (χ3n) is 2.96. The van der Waals surface area contributed by atoms with Crippen molar-refractivity contribution in [3.8, 4) is 0 Å². The fourth-order valence-corrected chi connectivity index (χ4v) is 1.72. The topological polar surface area (TPSA) is 41.1 Å². The number of aryl methyl sites for hydroxylation is 1. The van der Waals surface area contributed by atoms with Gasteiger partial charge in [0.25, 0.3) is 0 Å². The zero-order valence-corrected chi connectivity index (χ0v) is 11.8. The maximum Gasteiger partial charge on any atom is 0.416 e. The first-order chi connectivity index (χ1) is 9.25. The quantitative estimate of drug-likeness (QED) is 0.873. The molecule has 1 rings (SSSR count). The van der Waals surface area contributed by atoms with Crippen LogP contribution in [0.15, 0.2) is 18.2 Å². The molecule has 1 atom stereocenters. The number of halogens is 3.